The second kappa shape index (κ2) is 10.6. The van der Waals surface area contributed by atoms with Gasteiger partial charge in [-0.25, -0.2) is 28.2 Å². The predicted molar refractivity (Wildman–Crippen MR) is 126 cm³/mol. The fraction of sp³-hybridized carbons (Fsp3) is 0.292. The maximum atomic E-state index is 14.8. The first kappa shape index (κ1) is 26.8. The van der Waals surface area contributed by atoms with Crippen molar-refractivity contribution in [2.75, 3.05) is 5.32 Å². The molecule has 0 amide bonds. The monoisotopic (exact) mass is 538 g/mol. The molecule has 1 aromatic carbocycles. The van der Waals surface area contributed by atoms with E-state index in [1.807, 2.05) is 0 Å². The number of nitrogens with zero attached hydrogens (tertiary/aromatic N) is 4. The number of aromatic amines is 1. The Morgan fingerprint density at radius 2 is 1.92 bits per heavy atom. The van der Waals surface area contributed by atoms with Crippen molar-refractivity contribution in [3.05, 3.63) is 80.6 Å². The minimum atomic E-state index is -4.87. The molecule has 14 heteroatoms. The number of hydrogen-bond donors (Lipinski definition) is 2. The van der Waals surface area contributed by atoms with Crippen LogP contribution in [0.4, 0.5) is 32.0 Å². The number of fused-ring (bicyclic) bond motifs is 1. The van der Waals surface area contributed by atoms with Gasteiger partial charge in [-0.2, -0.15) is 18.3 Å². The van der Waals surface area contributed by atoms with Crippen molar-refractivity contribution in [2.24, 2.45) is 0 Å². The van der Waals surface area contributed by atoms with Gasteiger partial charge in [0.25, 0.3) is 17.5 Å². The molecule has 0 saturated heterocycles. The maximum Gasteiger partial charge on any atom is 0.423 e. The van der Waals surface area contributed by atoms with E-state index in [0.29, 0.717) is 18.2 Å². The number of alkyl halides is 5. The minimum Gasteiger partial charge on any atom is -0.381 e. The zero-order valence-corrected chi connectivity index (χ0v) is 19.7. The molecule has 38 heavy (non-hydrogen) atoms. The Balaban J connectivity index is 1.49. The van der Waals surface area contributed by atoms with Crippen LogP contribution in [0.5, 0.6) is 0 Å². The van der Waals surface area contributed by atoms with Crippen LogP contribution >= 0.6 is 0 Å². The highest BCUT2D eigenvalue weighted by molar-refractivity contribution is 5.86. The van der Waals surface area contributed by atoms with Gasteiger partial charge >= 0.3 is 6.18 Å². The smallest absolute Gasteiger partial charge is 0.381 e. The lowest BCUT2D eigenvalue weighted by molar-refractivity contribution is -0.138. The predicted octanol–water partition coefficient (Wildman–Crippen LogP) is 4.92. The Kier molecular flexibility index (Phi) is 7.51. The molecule has 0 aliphatic rings. The molecule has 0 spiro atoms. The van der Waals surface area contributed by atoms with Gasteiger partial charge in [-0.3, -0.25) is 9.59 Å². The summed E-state index contributed by atoms with van der Waals surface area (Å²) in [6.45, 7) is 1.80. The van der Waals surface area contributed by atoms with Gasteiger partial charge in [0, 0.05) is 25.0 Å². The first-order chi connectivity index (χ1) is 18.0. The maximum absolute atomic E-state index is 14.8. The summed E-state index contributed by atoms with van der Waals surface area (Å²) in [5.41, 5.74) is -4.39. The summed E-state index contributed by atoms with van der Waals surface area (Å²) in [4.78, 5) is 32.0. The third-order valence-electron chi connectivity index (χ3n) is 5.78. The second-order valence-electron chi connectivity index (χ2n) is 8.51. The van der Waals surface area contributed by atoms with Crippen LogP contribution in [0.2, 0.25) is 0 Å². The highest BCUT2D eigenvalue weighted by Gasteiger charge is 2.37. The third kappa shape index (κ3) is 5.68. The van der Waals surface area contributed by atoms with Crippen molar-refractivity contribution in [1.29, 1.82) is 0 Å². The fourth-order valence-corrected chi connectivity index (χ4v) is 3.97. The van der Waals surface area contributed by atoms with Crippen molar-refractivity contribution >= 4 is 16.5 Å². The number of halogens is 6. The molecule has 4 rings (SSSR count). The number of nitrogens with one attached hydrogen (secondary N) is 2. The standard InChI is InChI=1S/C24H20F6N6O2/c1-12(33-18-11-32-35-22(37)19(18)24(28,29)30)3-2-7-36-8-5-13-9-15(16(25)10-14(13)23(36)38)21-31-6-4-17(34-21)20(26)27/h4-6,8-12,20H,2-3,7H2,1H3,(H2,33,35,37)/t12-/m0/s1. The van der Waals surface area contributed by atoms with Crippen LogP contribution in [0.25, 0.3) is 22.2 Å². The number of hydrogen-bond acceptors (Lipinski definition) is 6. The molecule has 0 aliphatic heterocycles. The lowest BCUT2D eigenvalue weighted by Gasteiger charge is -2.18. The summed E-state index contributed by atoms with van der Waals surface area (Å²) in [6.07, 6.45) is -3.58. The molecule has 0 unspecified atom stereocenters. The van der Waals surface area contributed by atoms with E-state index in [4.69, 9.17) is 0 Å². The van der Waals surface area contributed by atoms with E-state index in [2.05, 4.69) is 20.4 Å². The molecule has 0 radical (unpaired) electrons. The number of aromatic nitrogens is 5. The van der Waals surface area contributed by atoms with E-state index >= 15 is 0 Å². The molecular formula is C24H20F6N6O2. The summed E-state index contributed by atoms with van der Waals surface area (Å²) in [7, 11) is 0. The third-order valence-corrected chi connectivity index (χ3v) is 5.78. The molecule has 0 bridgehead atoms. The van der Waals surface area contributed by atoms with Gasteiger partial charge in [0.1, 0.15) is 17.1 Å². The van der Waals surface area contributed by atoms with Crippen molar-refractivity contribution < 1.29 is 26.3 Å². The molecule has 1 atom stereocenters. The quantitative estimate of drug-likeness (QED) is 0.309. The van der Waals surface area contributed by atoms with E-state index in [9.17, 15) is 35.9 Å². The lowest BCUT2D eigenvalue weighted by Crippen LogP contribution is -2.27. The normalized spacial score (nSPS) is 12.7. The van der Waals surface area contributed by atoms with Crippen molar-refractivity contribution in [3.8, 4) is 11.4 Å². The van der Waals surface area contributed by atoms with Crippen LogP contribution in [0.1, 0.15) is 37.4 Å². The summed E-state index contributed by atoms with van der Waals surface area (Å²) in [5.74, 6) is -1.10. The fourth-order valence-electron chi connectivity index (χ4n) is 3.97. The topological polar surface area (TPSA) is 106 Å². The molecule has 0 fully saturated rings. The zero-order chi connectivity index (χ0) is 27.6. The van der Waals surface area contributed by atoms with Crippen LogP contribution in [0, 0.1) is 5.82 Å². The van der Waals surface area contributed by atoms with Gasteiger partial charge in [0.2, 0.25) is 0 Å². The molecule has 8 nitrogen and oxygen atoms in total. The molecule has 3 aromatic heterocycles. The minimum absolute atomic E-state index is 0.0503. The Bertz CT molecular complexity index is 1580. The van der Waals surface area contributed by atoms with Crippen molar-refractivity contribution in [1.82, 2.24) is 24.7 Å². The van der Waals surface area contributed by atoms with Crippen LogP contribution in [-0.2, 0) is 12.7 Å². The zero-order valence-electron chi connectivity index (χ0n) is 19.7. The second-order valence-corrected chi connectivity index (χ2v) is 8.51. The van der Waals surface area contributed by atoms with Gasteiger partial charge < -0.3 is 9.88 Å². The van der Waals surface area contributed by atoms with Crippen LogP contribution < -0.4 is 16.4 Å². The lowest BCUT2D eigenvalue weighted by atomic mass is 10.1. The van der Waals surface area contributed by atoms with E-state index in [1.54, 1.807) is 18.1 Å². The van der Waals surface area contributed by atoms with E-state index in [0.717, 1.165) is 24.5 Å². The highest BCUT2D eigenvalue weighted by Crippen LogP contribution is 2.32. The number of aryl methyl sites for hydroxylation is 1. The average molecular weight is 538 g/mol. The average Bonchev–Trinajstić information content (AvgIpc) is 2.85. The van der Waals surface area contributed by atoms with Crippen LogP contribution in [0.3, 0.4) is 0 Å². The van der Waals surface area contributed by atoms with Crippen molar-refractivity contribution in [2.45, 2.75) is 45.0 Å². The van der Waals surface area contributed by atoms with E-state index in [1.165, 1.54) is 16.8 Å². The molecule has 0 aliphatic carbocycles. The molecule has 0 saturated carbocycles. The van der Waals surface area contributed by atoms with Gasteiger partial charge in [-0.05, 0) is 49.4 Å². The molecular weight excluding hydrogens is 518 g/mol. The van der Waals surface area contributed by atoms with E-state index in [-0.39, 0.29) is 23.3 Å². The molecule has 2 N–H and O–H groups in total. The summed E-state index contributed by atoms with van der Waals surface area (Å²) in [6, 6.07) is 4.37. The first-order valence-electron chi connectivity index (χ1n) is 11.3. The van der Waals surface area contributed by atoms with Crippen LogP contribution in [0.15, 0.2) is 52.4 Å². The van der Waals surface area contributed by atoms with Crippen LogP contribution in [-0.4, -0.2) is 30.8 Å². The number of rotatable bonds is 8. The summed E-state index contributed by atoms with van der Waals surface area (Å²) >= 11 is 0. The molecule has 4 aromatic rings. The van der Waals surface area contributed by atoms with Gasteiger partial charge in [0.15, 0.2) is 5.82 Å². The van der Waals surface area contributed by atoms with Gasteiger partial charge in [-0.15, -0.1) is 0 Å². The first-order valence-corrected chi connectivity index (χ1v) is 11.3. The Morgan fingerprint density at radius 3 is 2.63 bits per heavy atom. The molecule has 3 heterocycles. The Morgan fingerprint density at radius 1 is 1.16 bits per heavy atom. The SMILES string of the molecule is C[C@@H](CCCn1ccc2cc(-c3nccc(C(F)F)n3)c(F)cc2c1=O)Nc1cn[nH]c(=O)c1C(F)(F)F. The highest BCUT2D eigenvalue weighted by atomic mass is 19.4. The largest absolute Gasteiger partial charge is 0.423 e. The number of anilines is 1. The van der Waals surface area contributed by atoms with Gasteiger partial charge in [-0.1, -0.05) is 0 Å². The number of H-pyrrole nitrogens is 1. The van der Waals surface area contributed by atoms with Crippen molar-refractivity contribution in [3.63, 3.8) is 0 Å². The number of pyridine rings is 1. The molecule has 200 valence electrons. The number of benzene rings is 1. The van der Waals surface area contributed by atoms with Gasteiger partial charge in [0.05, 0.1) is 22.8 Å². The Labute approximate surface area is 210 Å². The summed E-state index contributed by atoms with van der Waals surface area (Å²) in [5, 5.41) is 8.20. The van der Waals surface area contributed by atoms with E-state index < -0.39 is 52.5 Å². The summed E-state index contributed by atoms with van der Waals surface area (Å²) < 4.78 is 81.7. The Hall–Kier alpha value is -4.23.